The maximum atomic E-state index is 12.4. The number of carbonyl (C=O) groups excluding carboxylic acids is 2. The zero-order valence-corrected chi connectivity index (χ0v) is 14.6. The molecule has 1 aliphatic rings. The highest BCUT2D eigenvalue weighted by molar-refractivity contribution is 5.82. The Bertz CT molecular complexity index is 609. The van der Waals surface area contributed by atoms with Gasteiger partial charge in [0.25, 0.3) is 5.91 Å². The molecular weight excluding hydrogens is 349 g/mol. The van der Waals surface area contributed by atoms with E-state index in [4.69, 9.17) is 4.74 Å². The number of benzene rings is 1. The summed E-state index contributed by atoms with van der Waals surface area (Å²) in [7, 11) is 0. The molecule has 0 saturated carbocycles. The van der Waals surface area contributed by atoms with Crippen LogP contribution in [0.3, 0.4) is 0 Å². The molecular formula is C18H23F3N2O3. The van der Waals surface area contributed by atoms with E-state index in [9.17, 15) is 22.8 Å². The Balaban J connectivity index is 1.71. The molecule has 1 fully saturated rings. The molecule has 1 aromatic carbocycles. The summed E-state index contributed by atoms with van der Waals surface area (Å²) < 4.78 is 42.6. The van der Waals surface area contributed by atoms with Gasteiger partial charge in [-0.2, -0.15) is 13.2 Å². The molecule has 1 saturated heterocycles. The molecule has 26 heavy (non-hydrogen) atoms. The quantitative estimate of drug-likeness (QED) is 0.835. The number of hydrogen-bond acceptors (Lipinski definition) is 3. The Morgan fingerprint density at radius 1 is 1.19 bits per heavy atom. The molecule has 0 unspecified atom stereocenters. The minimum absolute atomic E-state index is 0.0248. The van der Waals surface area contributed by atoms with Crippen LogP contribution in [-0.4, -0.2) is 48.6 Å². The molecule has 1 aromatic rings. The molecule has 8 heteroatoms. The molecule has 0 atom stereocenters. The summed E-state index contributed by atoms with van der Waals surface area (Å²) in [5.74, 6) is -1.56. The molecule has 0 aliphatic carbocycles. The van der Waals surface area contributed by atoms with E-state index in [2.05, 4.69) is 12.2 Å². The number of piperidine rings is 1. The van der Waals surface area contributed by atoms with Gasteiger partial charge in [-0.05, 0) is 37.0 Å². The van der Waals surface area contributed by atoms with E-state index in [0.29, 0.717) is 18.6 Å². The summed E-state index contributed by atoms with van der Waals surface area (Å²) >= 11 is 0. The third-order valence-corrected chi connectivity index (χ3v) is 4.22. The number of halogens is 3. The number of ether oxygens (including phenoxy) is 1. The number of amides is 2. The van der Waals surface area contributed by atoms with Gasteiger partial charge in [0.15, 0.2) is 6.61 Å². The Hall–Kier alpha value is -2.25. The Morgan fingerprint density at radius 3 is 2.35 bits per heavy atom. The monoisotopic (exact) mass is 372 g/mol. The van der Waals surface area contributed by atoms with Gasteiger partial charge in [0, 0.05) is 19.1 Å². The molecule has 144 valence electrons. The number of aryl methyl sites for hydroxylation is 1. The summed E-state index contributed by atoms with van der Waals surface area (Å²) in [6, 6.07) is 7.25. The first-order valence-corrected chi connectivity index (χ1v) is 8.66. The van der Waals surface area contributed by atoms with Crippen molar-refractivity contribution >= 4 is 11.8 Å². The van der Waals surface area contributed by atoms with E-state index >= 15 is 0 Å². The minimum atomic E-state index is -4.85. The first-order chi connectivity index (χ1) is 12.3. The molecule has 1 heterocycles. The first-order valence-electron chi connectivity index (χ1n) is 8.66. The maximum Gasteiger partial charge on any atom is 0.471 e. The molecule has 0 bridgehead atoms. The van der Waals surface area contributed by atoms with Crippen molar-refractivity contribution in [1.29, 1.82) is 0 Å². The van der Waals surface area contributed by atoms with Crippen LogP contribution in [0.2, 0.25) is 0 Å². The zero-order chi connectivity index (χ0) is 19.2. The second kappa shape index (κ2) is 8.91. The van der Waals surface area contributed by atoms with E-state index in [1.54, 1.807) is 12.1 Å². The van der Waals surface area contributed by atoms with Gasteiger partial charge in [0.1, 0.15) is 5.75 Å². The van der Waals surface area contributed by atoms with E-state index in [-0.39, 0.29) is 31.6 Å². The highest BCUT2D eigenvalue weighted by Crippen LogP contribution is 2.21. The first kappa shape index (κ1) is 20.1. The predicted molar refractivity (Wildman–Crippen MR) is 89.7 cm³/mol. The van der Waals surface area contributed by atoms with Crippen LogP contribution in [0.5, 0.6) is 5.75 Å². The van der Waals surface area contributed by atoms with Crippen molar-refractivity contribution in [2.75, 3.05) is 19.7 Å². The fraction of sp³-hybridized carbons (Fsp3) is 0.556. The summed E-state index contributed by atoms with van der Waals surface area (Å²) in [6.07, 6.45) is -2.23. The van der Waals surface area contributed by atoms with Crippen LogP contribution in [0.1, 0.15) is 31.7 Å². The van der Waals surface area contributed by atoms with Crippen molar-refractivity contribution in [2.24, 2.45) is 0 Å². The van der Waals surface area contributed by atoms with Gasteiger partial charge in [0.05, 0.1) is 0 Å². The van der Waals surface area contributed by atoms with Crippen molar-refractivity contribution in [3.8, 4) is 5.75 Å². The zero-order valence-electron chi connectivity index (χ0n) is 14.6. The summed E-state index contributed by atoms with van der Waals surface area (Å²) in [5.41, 5.74) is 1.20. The number of nitrogens with zero attached hydrogens (tertiary/aromatic N) is 1. The van der Waals surface area contributed by atoms with E-state index < -0.39 is 12.1 Å². The van der Waals surface area contributed by atoms with Crippen molar-refractivity contribution in [3.63, 3.8) is 0 Å². The van der Waals surface area contributed by atoms with Crippen LogP contribution in [0.25, 0.3) is 0 Å². The largest absolute Gasteiger partial charge is 0.484 e. The van der Waals surface area contributed by atoms with Gasteiger partial charge >= 0.3 is 12.1 Å². The van der Waals surface area contributed by atoms with E-state index in [1.165, 1.54) is 5.56 Å². The Labute approximate surface area is 150 Å². The van der Waals surface area contributed by atoms with Crippen LogP contribution >= 0.6 is 0 Å². The number of rotatable bonds is 6. The predicted octanol–water partition coefficient (Wildman–Crippen LogP) is 2.69. The molecule has 0 aromatic heterocycles. The lowest BCUT2D eigenvalue weighted by atomic mass is 10.0. The number of alkyl halides is 3. The van der Waals surface area contributed by atoms with Crippen LogP contribution in [0.4, 0.5) is 13.2 Å². The van der Waals surface area contributed by atoms with Gasteiger partial charge < -0.3 is 15.0 Å². The second-order valence-electron chi connectivity index (χ2n) is 6.31. The smallest absolute Gasteiger partial charge is 0.471 e. The second-order valence-corrected chi connectivity index (χ2v) is 6.31. The summed E-state index contributed by atoms with van der Waals surface area (Å²) in [5, 5.41) is 2.74. The van der Waals surface area contributed by atoms with Crippen molar-refractivity contribution in [2.45, 2.75) is 44.8 Å². The van der Waals surface area contributed by atoms with Gasteiger partial charge in [-0.15, -0.1) is 0 Å². The number of carbonyl (C=O) groups is 2. The normalized spacial score (nSPS) is 15.6. The lowest BCUT2D eigenvalue weighted by Gasteiger charge is -2.32. The fourth-order valence-corrected chi connectivity index (χ4v) is 2.87. The van der Waals surface area contributed by atoms with Crippen molar-refractivity contribution in [1.82, 2.24) is 10.2 Å². The van der Waals surface area contributed by atoms with Crippen molar-refractivity contribution in [3.05, 3.63) is 29.8 Å². The lowest BCUT2D eigenvalue weighted by molar-refractivity contribution is -0.186. The van der Waals surface area contributed by atoms with E-state index in [1.807, 2.05) is 12.1 Å². The average Bonchev–Trinajstić information content (AvgIpc) is 2.61. The van der Waals surface area contributed by atoms with Crippen LogP contribution < -0.4 is 10.1 Å². The maximum absolute atomic E-state index is 12.4. The molecule has 0 spiro atoms. The Morgan fingerprint density at radius 2 is 1.81 bits per heavy atom. The molecule has 1 aliphatic heterocycles. The molecule has 0 radical (unpaired) electrons. The van der Waals surface area contributed by atoms with Crippen LogP contribution in [0, 0.1) is 0 Å². The third-order valence-electron chi connectivity index (χ3n) is 4.22. The Kier molecular flexibility index (Phi) is 6.88. The van der Waals surface area contributed by atoms with Gasteiger partial charge in [0.2, 0.25) is 0 Å². The lowest BCUT2D eigenvalue weighted by Crippen LogP contribution is -2.50. The van der Waals surface area contributed by atoms with Gasteiger partial charge in [-0.25, -0.2) is 0 Å². The van der Waals surface area contributed by atoms with Gasteiger partial charge in [-0.1, -0.05) is 25.5 Å². The van der Waals surface area contributed by atoms with Gasteiger partial charge in [-0.3, -0.25) is 9.59 Å². The van der Waals surface area contributed by atoms with Crippen LogP contribution in [0.15, 0.2) is 24.3 Å². The van der Waals surface area contributed by atoms with Crippen molar-refractivity contribution < 1.29 is 27.5 Å². The number of likely N-dealkylation sites (tertiary alicyclic amines) is 1. The molecule has 5 nitrogen and oxygen atoms in total. The minimum Gasteiger partial charge on any atom is -0.484 e. The summed E-state index contributed by atoms with van der Waals surface area (Å²) in [4.78, 5) is 23.9. The summed E-state index contributed by atoms with van der Waals surface area (Å²) in [6.45, 7) is 1.89. The standard InChI is InChI=1S/C18H23F3N2O3/c1-2-3-13-4-6-15(7-5-13)26-12-16(24)22-14-8-10-23(11-9-14)17(25)18(19,20)21/h4-7,14H,2-3,8-12H2,1H3,(H,22,24). The molecule has 1 N–H and O–H groups in total. The fourth-order valence-electron chi connectivity index (χ4n) is 2.87. The highest BCUT2D eigenvalue weighted by Gasteiger charge is 2.43. The third kappa shape index (κ3) is 5.93. The molecule has 2 amide bonds. The molecule has 2 rings (SSSR count). The van der Waals surface area contributed by atoms with E-state index in [0.717, 1.165) is 17.7 Å². The number of hydrogen-bond donors (Lipinski definition) is 1. The topological polar surface area (TPSA) is 58.6 Å². The SMILES string of the molecule is CCCc1ccc(OCC(=O)NC2CCN(C(=O)C(F)(F)F)CC2)cc1. The van der Waals surface area contributed by atoms with Crippen LogP contribution in [-0.2, 0) is 16.0 Å². The average molecular weight is 372 g/mol. The highest BCUT2D eigenvalue weighted by atomic mass is 19.4. The number of nitrogens with one attached hydrogen (secondary N) is 1.